The molecule has 1 rings (SSSR count). The first-order valence-electron chi connectivity index (χ1n) is 6.86. The maximum atomic E-state index is 12.2. The molecule has 20 heavy (non-hydrogen) atoms. The van der Waals surface area contributed by atoms with Crippen LogP contribution in [0.1, 0.15) is 44.9 Å². The number of sulfonamides is 1. The van der Waals surface area contributed by atoms with Crippen molar-refractivity contribution in [2.45, 2.75) is 56.7 Å². The molecule has 0 amide bonds. The number of nitrogens with two attached hydrogens (primary N) is 1. The summed E-state index contributed by atoms with van der Waals surface area (Å²) in [5, 5.41) is 0. The largest absolute Gasteiger partial charge is 0.389 e. The first-order chi connectivity index (χ1) is 9.13. The van der Waals surface area contributed by atoms with Gasteiger partial charge < -0.3 is 5.73 Å². The number of alkyl halides is 3. The van der Waals surface area contributed by atoms with Gasteiger partial charge in [-0.05, 0) is 19.3 Å². The minimum atomic E-state index is -4.31. The lowest BCUT2D eigenvalue weighted by Gasteiger charge is -2.43. The van der Waals surface area contributed by atoms with E-state index < -0.39 is 40.3 Å². The molecule has 0 heterocycles. The van der Waals surface area contributed by atoms with Gasteiger partial charge in [0.1, 0.15) is 0 Å². The van der Waals surface area contributed by atoms with Crippen LogP contribution in [-0.2, 0) is 10.0 Å². The molecule has 0 aliphatic heterocycles. The third-order valence-electron chi connectivity index (χ3n) is 4.11. The molecule has 120 valence electrons. The molecule has 8 heteroatoms. The number of nitrogens with zero attached hydrogens (tertiary/aromatic N) is 1. The average molecular weight is 316 g/mol. The fraction of sp³-hybridized carbons (Fsp3) is 1.00. The predicted octanol–water partition coefficient (Wildman–Crippen LogP) is 2.25. The molecule has 1 aliphatic carbocycles. The second kappa shape index (κ2) is 6.62. The number of hydrogen-bond donors (Lipinski definition) is 1. The maximum absolute atomic E-state index is 12.2. The number of hydrogen-bond acceptors (Lipinski definition) is 3. The molecular weight excluding hydrogens is 293 g/mol. The van der Waals surface area contributed by atoms with Crippen molar-refractivity contribution in [3.05, 3.63) is 0 Å². The summed E-state index contributed by atoms with van der Waals surface area (Å²) in [7, 11) is -2.25. The molecule has 1 fully saturated rings. The van der Waals surface area contributed by atoms with Crippen LogP contribution in [0.5, 0.6) is 0 Å². The van der Waals surface area contributed by atoms with Gasteiger partial charge in [0.15, 0.2) is 0 Å². The van der Waals surface area contributed by atoms with E-state index >= 15 is 0 Å². The third kappa shape index (κ3) is 4.60. The number of rotatable bonds is 6. The van der Waals surface area contributed by atoms with Gasteiger partial charge in [-0.3, -0.25) is 0 Å². The highest BCUT2D eigenvalue weighted by molar-refractivity contribution is 7.89. The van der Waals surface area contributed by atoms with Gasteiger partial charge in [-0.1, -0.05) is 19.3 Å². The van der Waals surface area contributed by atoms with Gasteiger partial charge in [0.05, 0.1) is 5.75 Å². The molecule has 0 spiro atoms. The Balaban J connectivity index is 2.70. The van der Waals surface area contributed by atoms with Crippen molar-refractivity contribution in [2.24, 2.45) is 5.73 Å². The Morgan fingerprint density at radius 1 is 1.20 bits per heavy atom. The summed E-state index contributed by atoms with van der Waals surface area (Å²) >= 11 is 0. The Bertz CT molecular complexity index is 403. The van der Waals surface area contributed by atoms with Crippen molar-refractivity contribution >= 4 is 10.0 Å². The lowest BCUT2D eigenvalue weighted by molar-refractivity contribution is -0.134. The fourth-order valence-electron chi connectivity index (χ4n) is 2.74. The first-order valence-corrected chi connectivity index (χ1v) is 8.47. The van der Waals surface area contributed by atoms with Crippen LogP contribution >= 0.6 is 0 Å². The Morgan fingerprint density at radius 3 is 2.20 bits per heavy atom. The summed E-state index contributed by atoms with van der Waals surface area (Å²) < 4.78 is 61.9. The van der Waals surface area contributed by atoms with Crippen LogP contribution in [0.2, 0.25) is 0 Å². The van der Waals surface area contributed by atoms with Gasteiger partial charge in [0.25, 0.3) is 0 Å². The second-order valence-corrected chi connectivity index (χ2v) is 7.61. The molecule has 0 bridgehead atoms. The third-order valence-corrected chi connectivity index (χ3v) is 6.14. The highest BCUT2D eigenvalue weighted by atomic mass is 32.2. The summed E-state index contributed by atoms with van der Waals surface area (Å²) in [4.78, 5) is 0. The van der Waals surface area contributed by atoms with E-state index in [-0.39, 0.29) is 6.54 Å². The quantitative estimate of drug-likeness (QED) is 0.817. The fourth-order valence-corrected chi connectivity index (χ4v) is 4.37. The minimum Gasteiger partial charge on any atom is -0.329 e. The van der Waals surface area contributed by atoms with Gasteiger partial charge in [-0.15, -0.1) is 0 Å². The highest BCUT2D eigenvalue weighted by Gasteiger charge is 2.40. The van der Waals surface area contributed by atoms with Gasteiger partial charge in [-0.2, -0.15) is 17.5 Å². The van der Waals surface area contributed by atoms with Crippen LogP contribution in [0.15, 0.2) is 0 Å². The van der Waals surface area contributed by atoms with Crippen molar-refractivity contribution in [3.63, 3.8) is 0 Å². The molecule has 4 nitrogen and oxygen atoms in total. The Morgan fingerprint density at radius 2 is 1.75 bits per heavy atom. The van der Waals surface area contributed by atoms with Crippen LogP contribution in [0.4, 0.5) is 13.2 Å². The van der Waals surface area contributed by atoms with Crippen molar-refractivity contribution in [1.29, 1.82) is 0 Å². The van der Waals surface area contributed by atoms with Gasteiger partial charge in [0.2, 0.25) is 10.0 Å². The van der Waals surface area contributed by atoms with E-state index in [9.17, 15) is 21.6 Å². The van der Waals surface area contributed by atoms with Crippen LogP contribution in [0.25, 0.3) is 0 Å². The van der Waals surface area contributed by atoms with Gasteiger partial charge in [0, 0.05) is 25.6 Å². The van der Waals surface area contributed by atoms with Crippen LogP contribution in [0.3, 0.4) is 0 Å². The summed E-state index contributed by atoms with van der Waals surface area (Å²) in [6.45, 7) is 0.210. The zero-order valence-electron chi connectivity index (χ0n) is 11.7. The summed E-state index contributed by atoms with van der Waals surface area (Å²) in [6, 6.07) is 0. The Hall–Kier alpha value is -0.340. The van der Waals surface area contributed by atoms with Crippen molar-refractivity contribution in [3.8, 4) is 0 Å². The molecule has 0 aromatic rings. The topological polar surface area (TPSA) is 63.4 Å². The van der Waals surface area contributed by atoms with E-state index in [1.807, 2.05) is 0 Å². The zero-order valence-corrected chi connectivity index (χ0v) is 12.6. The molecule has 0 saturated heterocycles. The average Bonchev–Trinajstić information content (AvgIpc) is 2.37. The van der Waals surface area contributed by atoms with E-state index in [4.69, 9.17) is 5.73 Å². The first kappa shape index (κ1) is 17.7. The van der Waals surface area contributed by atoms with Crippen LogP contribution in [0, 0.1) is 0 Å². The zero-order chi connectivity index (χ0) is 15.4. The van der Waals surface area contributed by atoms with Crippen molar-refractivity contribution < 1.29 is 21.6 Å². The lowest BCUT2D eigenvalue weighted by atomic mass is 9.82. The van der Waals surface area contributed by atoms with Crippen LogP contribution in [-0.4, -0.2) is 43.8 Å². The van der Waals surface area contributed by atoms with Crippen LogP contribution < -0.4 is 5.73 Å². The lowest BCUT2D eigenvalue weighted by Crippen LogP contribution is -2.55. The molecule has 0 radical (unpaired) electrons. The molecule has 2 N–H and O–H groups in total. The smallest absolute Gasteiger partial charge is 0.329 e. The molecule has 0 unspecified atom stereocenters. The molecule has 0 aromatic heterocycles. The van der Waals surface area contributed by atoms with Crippen molar-refractivity contribution in [2.75, 3.05) is 19.3 Å². The molecule has 1 aliphatic rings. The van der Waals surface area contributed by atoms with E-state index in [0.29, 0.717) is 12.8 Å². The van der Waals surface area contributed by atoms with Gasteiger partial charge in [-0.25, -0.2) is 8.42 Å². The second-order valence-electron chi connectivity index (χ2n) is 5.49. The standard InChI is InChI=1S/C12H23F3N2O2S/c1-17(11(10-16)6-3-2-4-7-11)20(18,19)9-5-8-12(13,14)15/h2-10,16H2,1H3. The predicted molar refractivity (Wildman–Crippen MR) is 71.7 cm³/mol. The normalized spacial score (nSPS) is 20.3. The number of halogens is 3. The Kier molecular flexibility index (Phi) is 5.86. The molecule has 0 aromatic carbocycles. The summed E-state index contributed by atoms with van der Waals surface area (Å²) in [5.74, 6) is -0.481. The van der Waals surface area contributed by atoms with Gasteiger partial charge >= 0.3 is 6.18 Å². The van der Waals surface area contributed by atoms with Crippen molar-refractivity contribution in [1.82, 2.24) is 4.31 Å². The summed E-state index contributed by atoms with van der Waals surface area (Å²) in [6.07, 6.45) is -1.59. The monoisotopic (exact) mass is 316 g/mol. The van der Waals surface area contributed by atoms with E-state index in [1.54, 1.807) is 0 Å². The number of likely N-dealkylation sites (N-methyl/N-ethyl adjacent to an activating group) is 1. The minimum absolute atomic E-state index is 0.210. The molecule has 0 atom stereocenters. The Labute approximate surface area is 118 Å². The van der Waals surface area contributed by atoms with E-state index in [2.05, 4.69) is 0 Å². The molecule has 1 saturated carbocycles. The summed E-state index contributed by atoms with van der Waals surface area (Å²) in [5.41, 5.74) is 5.13. The molecular formula is C12H23F3N2O2S. The SMILES string of the molecule is CN(C1(CN)CCCCC1)S(=O)(=O)CCCC(F)(F)F. The maximum Gasteiger partial charge on any atom is 0.389 e. The van der Waals surface area contributed by atoms with E-state index in [1.165, 1.54) is 11.4 Å². The highest BCUT2D eigenvalue weighted by Crippen LogP contribution is 2.34. The van der Waals surface area contributed by atoms with E-state index in [0.717, 1.165) is 19.3 Å².